The van der Waals surface area contributed by atoms with Gasteiger partial charge in [-0.2, -0.15) is 0 Å². The monoisotopic (exact) mass is 279 g/mol. The maximum atomic E-state index is 5.91. The minimum Gasteiger partial charge on any atom is -0.463 e. The number of likely N-dealkylation sites (tertiary alicyclic amines) is 1. The van der Waals surface area contributed by atoms with Crippen LogP contribution in [0.25, 0.3) is 0 Å². The Hall–Kier alpha value is -0.840. The van der Waals surface area contributed by atoms with Gasteiger partial charge in [0.15, 0.2) is 0 Å². The summed E-state index contributed by atoms with van der Waals surface area (Å²) in [7, 11) is 4.36. The molecular weight excluding hydrogens is 250 g/mol. The summed E-state index contributed by atoms with van der Waals surface area (Å²) in [5.74, 6) is 2.15. The highest BCUT2D eigenvalue weighted by molar-refractivity contribution is 5.07. The summed E-state index contributed by atoms with van der Waals surface area (Å²) in [5, 5.41) is 3.38. The zero-order valence-corrected chi connectivity index (χ0v) is 13.2. The second kappa shape index (κ2) is 7.81. The molecule has 20 heavy (non-hydrogen) atoms. The Bertz CT molecular complexity index is 389. The van der Waals surface area contributed by atoms with Gasteiger partial charge in [-0.25, -0.2) is 0 Å². The first kappa shape index (κ1) is 15.5. The summed E-state index contributed by atoms with van der Waals surface area (Å²) >= 11 is 0. The Morgan fingerprint density at radius 2 is 2.15 bits per heavy atom. The molecule has 1 N–H and O–H groups in total. The van der Waals surface area contributed by atoms with Gasteiger partial charge in [-0.3, -0.25) is 4.90 Å². The van der Waals surface area contributed by atoms with Crippen molar-refractivity contribution in [1.29, 1.82) is 0 Å². The third-order valence-electron chi connectivity index (χ3n) is 4.03. The van der Waals surface area contributed by atoms with Crippen molar-refractivity contribution in [3.63, 3.8) is 0 Å². The van der Waals surface area contributed by atoms with Crippen LogP contribution in [0.1, 0.15) is 37.7 Å². The molecule has 0 aliphatic carbocycles. The fourth-order valence-electron chi connectivity index (χ4n) is 2.81. The summed E-state index contributed by atoms with van der Waals surface area (Å²) < 4.78 is 5.91. The van der Waals surface area contributed by atoms with Crippen molar-refractivity contribution in [3.05, 3.63) is 23.7 Å². The third kappa shape index (κ3) is 4.62. The quantitative estimate of drug-likeness (QED) is 0.776. The second-order valence-electron chi connectivity index (χ2n) is 6.04. The van der Waals surface area contributed by atoms with Crippen molar-refractivity contribution in [1.82, 2.24) is 15.1 Å². The number of nitrogens with zero attached hydrogens (tertiary/aromatic N) is 2. The molecule has 0 bridgehead atoms. The number of likely N-dealkylation sites (N-methyl/N-ethyl adjacent to an activating group) is 1. The lowest BCUT2D eigenvalue weighted by Crippen LogP contribution is -2.44. The van der Waals surface area contributed by atoms with E-state index in [-0.39, 0.29) is 0 Å². The first-order valence-electron chi connectivity index (χ1n) is 7.86. The summed E-state index contributed by atoms with van der Waals surface area (Å²) in [6.45, 7) is 7.35. The van der Waals surface area contributed by atoms with Gasteiger partial charge in [0, 0.05) is 12.6 Å². The van der Waals surface area contributed by atoms with Crippen molar-refractivity contribution in [2.75, 3.05) is 33.7 Å². The van der Waals surface area contributed by atoms with Crippen molar-refractivity contribution in [2.45, 2.75) is 45.3 Å². The van der Waals surface area contributed by atoms with E-state index in [9.17, 15) is 0 Å². The molecule has 0 spiro atoms. The normalized spacial score (nSPS) is 20.7. The van der Waals surface area contributed by atoms with Crippen molar-refractivity contribution >= 4 is 0 Å². The summed E-state index contributed by atoms with van der Waals surface area (Å²) in [4.78, 5) is 4.85. The lowest BCUT2D eigenvalue weighted by molar-refractivity contribution is 0.121. The maximum absolute atomic E-state index is 5.91. The molecule has 4 nitrogen and oxygen atoms in total. The van der Waals surface area contributed by atoms with E-state index in [1.165, 1.54) is 19.4 Å². The molecule has 2 heterocycles. The van der Waals surface area contributed by atoms with Gasteiger partial charge < -0.3 is 14.6 Å². The molecule has 1 aliphatic rings. The first-order valence-corrected chi connectivity index (χ1v) is 7.86. The number of piperidine rings is 1. The molecule has 114 valence electrons. The van der Waals surface area contributed by atoms with Gasteiger partial charge in [0.05, 0.1) is 13.1 Å². The standard InChI is InChI=1S/C16H29N3O/c1-4-9-17-11-15-7-8-16(20-15)13-19-10-5-6-14(12-19)18(2)3/h7-8,14,17H,4-6,9-13H2,1-3H3. The minimum absolute atomic E-state index is 0.685. The van der Waals surface area contributed by atoms with Crippen LogP contribution in [0.3, 0.4) is 0 Å². The lowest BCUT2D eigenvalue weighted by atomic mass is 10.0. The maximum Gasteiger partial charge on any atom is 0.118 e. The fourth-order valence-corrected chi connectivity index (χ4v) is 2.81. The molecule has 0 radical (unpaired) electrons. The summed E-state index contributed by atoms with van der Waals surface area (Å²) in [6.07, 6.45) is 3.76. The lowest BCUT2D eigenvalue weighted by Gasteiger charge is -2.35. The van der Waals surface area contributed by atoms with E-state index in [1.807, 2.05) is 0 Å². The smallest absolute Gasteiger partial charge is 0.118 e. The van der Waals surface area contributed by atoms with Crippen LogP contribution in [0.15, 0.2) is 16.5 Å². The molecular formula is C16H29N3O. The Balaban J connectivity index is 1.80. The van der Waals surface area contributed by atoms with Gasteiger partial charge in [0.1, 0.15) is 11.5 Å². The van der Waals surface area contributed by atoms with Crippen LogP contribution in [0.5, 0.6) is 0 Å². The predicted molar refractivity (Wildman–Crippen MR) is 82.7 cm³/mol. The van der Waals surface area contributed by atoms with Gasteiger partial charge in [-0.1, -0.05) is 6.92 Å². The molecule has 1 atom stereocenters. The zero-order chi connectivity index (χ0) is 14.4. The van der Waals surface area contributed by atoms with Crippen molar-refractivity contribution in [2.24, 2.45) is 0 Å². The van der Waals surface area contributed by atoms with E-state index in [4.69, 9.17) is 4.42 Å². The number of rotatable bonds is 7. The van der Waals surface area contributed by atoms with E-state index in [0.29, 0.717) is 6.04 Å². The highest BCUT2D eigenvalue weighted by atomic mass is 16.3. The highest BCUT2D eigenvalue weighted by Gasteiger charge is 2.21. The van der Waals surface area contributed by atoms with Crippen LogP contribution in [0.4, 0.5) is 0 Å². The number of nitrogens with one attached hydrogen (secondary N) is 1. The summed E-state index contributed by atoms with van der Waals surface area (Å²) in [6, 6.07) is 4.91. The molecule has 4 heteroatoms. The number of hydrogen-bond donors (Lipinski definition) is 1. The highest BCUT2D eigenvalue weighted by Crippen LogP contribution is 2.17. The molecule has 2 rings (SSSR count). The average molecular weight is 279 g/mol. The molecule has 1 unspecified atom stereocenters. The van der Waals surface area contributed by atoms with Crippen molar-refractivity contribution < 1.29 is 4.42 Å². The Morgan fingerprint density at radius 3 is 2.90 bits per heavy atom. The predicted octanol–water partition coefficient (Wildman–Crippen LogP) is 2.31. The molecule has 0 saturated carbocycles. The Morgan fingerprint density at radius 1 is 1.35 bits per heavy atom. The molecule has 1 aliphatic heterocycles. The van der Waals surface area contributed by atoms with Gasteiger partial charge in [-0.05, 0) is 58.6 Å². The van der Waals surface area contributed by atoms with Crippen molar-refractivity contribution in [3.8, 4) is 0 Å². The molecule has 1 saturated heterocycles. The zero-order valence-electron chi connectivity index (χ0n) is 13.2. The second-order valence-corrected chi connectivity index (χ2v) is 6.04. The van der Waals surface area contributed by atoms with E-state index < -0.39 is 0 Å². The van der Waals surface area contributed by atoms with E-state index >= 15 is 0 Å². The van der Waals surface area contributed by atoms with Crippen LogP contribution in [0.2, 0.25) is 0 Å². The van der Waals surface area contributed by atoms with Crippen LogP contribution in [0, 0.1) is 0 Å². The largest absolute Gasteiger partial charge is 0.463 e. The molecule has 1 fully saturated rings. The third-order valence-corrected chi connectivity index (χ3v) is 4.03. The number of furan rings is 1. The molecule has 0 amide bonds. The SMILES string of the molecule is CCCNCc1ccc(CN2CCCC(N(C)C)C2)o1. The minimum atomic E-state index is 0.685. The van der Waals surface area contributed by atoms with Gasteiger partial charge in [0.2, 0.25) is 0 Å². The van der Waals surface area contributed by atoms with Gasteiger partial charge in [0.25, 0.3) is 0 Å². The Kier molecular flexibility index (Phi) is 6.07. The van der Waals surface area contributed by atoms with Gasteiger partial charge >= 0.3 is 0 Å². The Labute approximate surface area is 123 Å². The van der Waals surface area contributed by atoms with E-state index in [2.05, 4.69) is 48.3 Å². The molecule has 0 aromatic carbocycles. The van der Waals surface area contributed by atoms with E-state index in [0.717, 1.165) is 44.1 Å². The summed E-state index contributed by atoms with van der Waals surface area (Å²) in [5.41, 5.74) is 0. The average Bonchev–Trinajstić information content (AvgIpc) is 2.87. The van der Waals surface area contributed by atoms with Crippen LogP contribution >= 0.6 is 0 Å². The molecule has 1 aromatic rings. The fraction of sp³-hybridized carbons (Fsp3) is 0.750. The van der Waals surface area contributed by atoms with Gasteiger partial charge in [-0.15, -0.1) is 0 Å². The topological polar surface area (TPSA) is 31.6 Å². The van der Waals surface area contributed by atoms with Crippen LogP contribution in [-0.4, -0.2) is 49.6 Å². The van der Waals surface area contributed by atoms with Crippen LogP contribution < -0.4 is 5.32 Å². The van der Waals surface area contributed by atoms with E-state index in [1.54, 1.807) is 0 Å². The van der Waals surface area contributed by atoms with Crippen LogP contribution in [-0.2, 0) is 13.1 Å². The first-order chi connectivity index (χ1) is 9.69. The molecule has 1 aromatic heterocycles. The number of hydrogen-bond acceptors (Lipinski definition) is 4.